The lowest BCUT2D eigenvalue weighted by atomic mass is 9.42. The third-order valence-electron chi connectivity index (χ3n) is 12.7. The summed E-state index contributed by atoms with van der Waals surface area (Å²) >= 11 is 0. The van der Waals surface area contributed by atoms with Crippen molar-refractivity contribution in [2.45, 2.75) is 108 Å². The van der Waals surface area contributed by atoms with Crippen LogP contribution in [0.4, 0.5) is 0 Å². The molecule has 0 aromatic carbocycles. The third-order valence-corrected chi connectivity index (χ3v) is 12.7. The number of ketones is 1. The Labute approximate surface area is 224 Å². The van der Waals surface area contributed by atoms with Crippen molar-refractivity contribution in [1.29, 1.82) is 0 Å². The highest BCUT2D eigenvalue weighted by Gasteiger charge is 2.71. The number of aliphatic hydroxyl groups excluding tert-OH is 2. The highest BCUT2D eigenvalue weighted by Crippen LogP contribution is 2.68. The Balaban J connectivity index is 1.32. The molecule has 8 nitrogen and oxygen atoms in total. The van der Waals surface area contributed by atoms with Gasteiger partial charge in [-0.25, -0.2) is 0 Å². The zero-order valence-corrected chi connectivity index (χ0v) is 23.0. The maximum Gasteiger partial charge on any atom is 0.309 e. The fourth-order valence-corrected chi connectivity index (χ4v) is 10.5. The zero-order chi connectivity index (χ0) is 27.4. The number of carbonyl (C=O) groups excluding carboxylic acids is 1. The molecule has 2 aliphatic heterocycles. The molecule has 14 atom stereocenters. The quantitative estimate of drug-likeness (QED) is 0.427. The molecule has 38 heavy (non-hydrogen) atoms. The number of carboxylic acids is 1. The fourth-order valence-electron chi connectivity index (χ4n) is 10.5. The van der Waals surface area contributed by atoms with Gasteiger partial charge in [-0.15, -0.1) is 0 Å². The summed E-state index contributed by atoms with van der Waals surface area (Å²) in [7, 11) is 0. The number of aliphatic hydroxyl groups is 3. The van der Waals surface area contributed by atoms with Crippen LogP contribution >= 0.6 is 0 Å². The first-order chi connectivity index (χ1) is 17.8. The van der Waals surface area contributed by atoms with Crippen LogP contribution in [0.15, 0.2) is 12.2 Å². The smallest absolute Gasteiger partial charge is 0.309 e. The van der Waals surface area contributed by atoms with Gasteiger partial charge in [-0.2, -0.15) is 0 Å². The van der Waals surface area contributed by atoms with Crippen molar-refractivity contribution >= 4 is 11.8 Å². The van der Waals surface area contributed by atoms with Crippen LogP contribution in [-0.2, 0) is 19.1 Å². The summed E-state index contributed by atoms with van der Waals surface area (Å²) in [4.78, 5) is 25.4. The highest BCUT2D eigenvalue weighted by atomic mass is 16.5. The van der Waals surface area contributed by atoms with E-state index >= 15 is 0 Å². The van der Waals surface area contributed by atoms with Crippen molar-refractivity contribution in [2.24, 2.45) is 46.3 Å². The number of hydrogen-bond acceptors (Lipinski definition) is 7. The average molecular weight is 533 g/mol. The molecule has 6 unspecified atom stereocenters. The largest absolute Gasteiger partial charge is 0.481 e. The number of fused-ring (bicyclic) bond motifs is 7. The number of ether oxygens (including phenoxy) is 2. The second-order valence-corrected chi connectivity index (χ2v) is 14.1. The van der Waals surface area contributed by atoms with Crippen molar-refractivity contribution in [3.05, 3.63) is 12.2 Å². The summed E-state index contributed by atoms with van der Waals surface area (Å²) < 4.78 is 12.9. The van der Waals surface area contributed by atoms with Gasteiger partial charge < -0.3 is 29.9 Å². The molecule has 0 aromatic heterocycles. The Morgan fingerprint density at radius 3 is 2.37 bits per heavy atom. The Morgan fingerprint density at radius 2 is 1.68 bits per heavy atom. The van der Waals surface area contributed by atoms with E-state index in [1.807, 2.05) is 13.8 Å². The van der Waals surface area contributed by atoms with E-state index in [4.69, 9.17) is 9.47 Å². The minimum atomic E-state index is -1.52. The molecule has 3 saturated carbocycles. The van der Waals surface area contributed by atoms with E-state index in [1.165, 1.54) is 0 Å². The van der Waals surface area contributed by atoms with E-state index < -0.39 is 46.1 Å². The van der Waals surface area contributed by atoms with Gasteiger partial charge in [0.05, 0.1) is 48.0 Å². The number of hydrogen-bond donors (Lipinski definition) is 4. The first kappa shape index (κ1) is 26.9. The van der Waals surface area contributed by atoms with Crippen molar-refractivity contribution in [3.8, 4) is 0 Å². The summed E-state index contributed by atoms with van der Waals surface area (Å²) in [5.74, 6) is -1.58. The molecule has 0 radical (unpaired) electrons. The van der Waals surface area contributed by atoms with Crippen molar-refractivity contribution in [3.63, 3.8) is 0 Å². The van der Waals surface area contributed by atoms with Gasteiger partial charge in [-0.1, -0.05) is 13.0 Å². The monoisotopic (exact) mass is 532 g/mol. The molecular weight excluding hydrogens is 488 g/mol. The molecular formula is C30H44O8. The number of carboxylic acid groups (broad SMARTS) is 1. The van der Waals surface area contributed by atoms with E-state index in [2.05, 4.69) is 6.92 Å². The Hall–Kier alpha value is -1.32. The summed E-state index contributed by atoms with van der Waals surface area (Å²) in [5.41, 5.74) is -3.88. The van der Waals surface area contributed by atoms with Crippen LogP contribution in [0.5, 0.6) is 0 Å². The minimum absolute atomic E-state index is 0.0178. The molecule has 0 amide bonds. The standard InChI is InChI=1S/C30H44O8/c1-15-10-21(26(34)35)27(2)13-22(38-15)17(14-37-27)19-8-7-18-16-11-25(33)30(36)9-5-6-23(31)29(30,4)20(16)12-24(32)28(18,19)3/h5-6,15-22,24-25,32-33,36H,7-14H2,1-4H3,(H,34,35)/t15?,16-,17?,18-,19?,20-,21?,22?,24+,25+,27?,28-,29-,30-/m0/s1. The minimum Gasteiger partial charge on any atom is -0.481 e. The van der Waals surface area contributed by atoms with Crippen LogP contribution in [0.1, 0.15) is 72.6 Å². The molecule has 4 N–H and O–H groups in total. The van der Waals surface area contributed by atoms with Gasteiger partial charge in [-0.3, -0.25) is 9.59 Å². The van der Waals surface area contributed by atoms with Gasteiger partial charge in [0.25, 0.3) is 0 Å². The van der Waals surface area contributed by atoms with E-state index in [9.17, 15) is 30.0 Å². The second-order valence-electron chi connectivity index (χ2n) is 14.1. The molecule has 0 spiro atoms. The van der Waals surface area contributed by atoms with E-state index in [0.717, 1.165) is 12.8 Å². The SMILES string of the molecule is CC1CC(C(=O)O)C2(C)CC(O1)C(C1CC[C@H]3[C@@H]4C[C@@H](O)[C@@]5(O)CC=CC(=O)[C@]5(C)[C@H]4C[C@@H](O)[C@]13C)CO2. The van der Waals surface area contributed by atoms with Crippen LogP contribution in [0.25, 0.3) is 0 Å². The zero-order valence-electron chi connectivity index (χ0n) is 23.0. The molecule has 0 aromatic rings. The van der Waals surface area contributed by atoms with E-state index in [-0.39, 0.29) is 54.0 Å². The second kappa shape index (κ2) is 8.59. The number of rotatable bonds is 2. The van der Waals surface area contributed by atoms with Gasteiger partial charge in [-0.05, 0) is 94.5 Å². The molecule has 2 bridgehead atoms. The number of carbonyl (C=O) groups is 2. The Morgan fingerprint density at radius 1 is 1.00 bits per heavy atom. The molecule has 5 fully saturated rings. The predicted molar refractivity (Wildman–Crippen MR) is 137 cm³/mol. The molecule has 8 heteroatoms. The van der Waals surface area contributed by atoms with Crippen LogP contribution in [-0.4, -0.2) is 74.4 Å². The molecule has 6 rings (SSSR count). The van der Waals surface area contributed by atoms with Gasteiger partial charge in [0.2, 0.25) is 0 Å². The molecule has 6 aliphatic rings. The first-order valence-electron chi connectivity index (χ1n) is 14.6. The average Bonchev–Trinajstić information content (AvgIpc) is 3.15. The van der Waals surface area contributed by atoms with Gasteiger partial charge in [0, 0.05) is 12.3 Å². The van der Waals surface area contributed by atoms with Crippen molar-refractivity contribution in [1.82, 2.24) is 0 Å². The summed E-state index contributed by atoms with van der Waals surface area (Å²) in [5, 5.41) is 44.7. The molecule has 212 valence electrons. The normalized spacial score (nSPS) is 57.9. The fraction of sp³-hybridized carbons (Fsp3) is 0.867. The molecule has 4 aliphatic carbocycles. The predicted octanol–water partition coefficient (Wildman–Crippen LogP) is 2.72. The lowest BCUT2D eigenvalue weighted by Gasteiger charge is -2.64. The maximum absolute atomic E-state index is 13.3. The lowest BCUT2D eigenvalue weighted by molar-refractivity contribution is -0.249. The van der Waals surface area contributed by atoms with Crippen molar-refractivity contribution in [2.75, 3.05) is 6.61 Å². The number of aliphatic carboxylic acids is 1. The Kier molecular flexibility index (Phi) is 6.08. The molecule has 2 saturated heterocycles. The van der Waals surface area contributed by atoms with E-state index in [1.54, 1.807) is 19.1 Å². The lowest BCUT2D eigenvalue weighted by Crippen LogP contribution is -2.70. The topological polar surface area (TPSA) is 134 Å². The Bertz CT molecular complexity index is 1040. The summed E-state index contributed by atoms with van der Waals surface area (Å²) in [6.07, 6.45) is 4.96. The van der Waals surface area contributed by atoms with Crippen LogP contribution in [0, 0.1) is 46.3 Å². The third kappa shape index (κ3) is 3.33. The number of allylic oxidation sites excluding steroid dienone is 1. The van der Waals surface area contributed by atoms with Crippen molar-refractivity contribution < 1.29 is 39.5 Å². The summed E-state index contributed by atoms with van der Waals surface area (Å²) in [6, 6.07) is 0. The maximum atomic E-state index is 13.3. The molecule has 2 heterocycles. The van der Waals surface area contributed by atoms with Gasteiger partial charge in [0.15, 0.2) is 5.78 Å². The van der Waals surface area contributed by atoms with Gasteiger partial charge in [0.1, 0.15) is 5.60 Å². The van der Waals surface area contributed by atoms with Crippen LogP contribution in [0.3, 0.4) is 0 Å². The van der Waals surface area contributed by atoms with Gasteiger partial charge >= 0.3 is 5.97 Å². The summed E-state index contributed by atoms with van der Waals surface area (Å²) in [6.45, 7) is 8.21. The highest BCUT2D eigenvalue weighted by molar-refractivity contribution is 5.97. The first-order valence-corrected chi connectivity index (χ1v) is 14.6. The van der Waals surface area contributed by atoms with Crippen LogP contribution < -0.4 is 0 Å². The van der Waals surface area contributed by atoms with Crippen LogP contribution in [0.2, 0.25) is 0 Å². The van der Waals surface area contributed by atoms with E-state index in [0.29, 0.717) is 32.3 Å².